The summed E-state index contributed by atoms with van der Waals surface area (Å²) in [6, 6.07) is 0. The Kier molecular flexibility index (Phi) is 2.75. The van der Waals surface area contributed by atoms with Crippen molar-refractivity contribution < 1.29 is 8.42 Å². The molecule has 100 valence electrons. The fraction of sp³-hybridized carbons (Fsp3) is 0.750. The highest BCUT2D eigenvalue weighted by molar-refractivity contribution is 7.91. The minimum absolute atomic E-state index is 0.0636. The van der Waals surface area contributed by atoms with Crippen LogP contribution in [0.4, 0.5) is 0 Å². The second kappa shape index (κ2) is 4.06. The molecule has 1 atom stereocenters. The summed E-state index contributed by atoms with van der Waals surface area (Å²) in [5.74, 6) is 1.46. The van der Waals surface area contributed by atoms with E-state index in [0.717, 1.165) is 43.6 Å². The molecule has 3 N–H and O–H groups in total. The molecule has 1 unspecified atom stereocenters. The molecule has 1 aromatic heterocycles. The number of nitrogens with zero attached hydrogens (tertiary/aromatic N) is 1. The Morgan fingerprint density at radius 2 is 2.17 bits per heavy atom. The van der Waals surface area contributed by atoms with Crippen LogP contribution >= 0.6 is 0 Å². The first-order valence-corrected chi connectivity index (χ1v) is 8.35. The summed E-state index contributed by atoms with van der Waals surface area (Å²) < 4.78 is 23.3. The number of aromatic amines is 1. The van der Waals surface area contributed by atoms with Crippen molar-refractivity contribution in [3.05, 3.63) is 17.7 Å². The van der Waals surface area contributed by atoms with E-state index in [1.807, 2.05) is 0 Å². The number of sulfone groups is 1. The average molecular weight is 269 g/mol. The third-order valence-corrected chi connectivity index (χ3v) is 6.04. The molecule has 2 aliphatic rings. The van der Waals surface area contributed by atoms with E-state index in [4.69, 9.17) is 5.73 Å². The SMILES string of the molecule is NC1(c2ncc(C3CCCS(=O)(=O)C3)[nH]2)CCC1. The van der Waals surface area contributed by atoms with Crippen molar-refractivity contribution in [1.82, 2.24) is 9.97 Å². The van der Waals surface area contributed by atoms with Gasteiger partial charge in [0, 0.05) is 17.8 Å². The van der Waals surface area contributed by atoms with Gasteiger partial charge in [0.05, 0.1) is 17.0 Å². The van der Waals surface area contributed by atoms with Gasteiger partial charge in [-0.3, -0.25) is 0 Å². The Morgan fingerprint density at radius 1 is 1.39 bits per heavy atom. The Bertz CT molecular complexity index is 545. The number of imidazole rings is 1. The number of hydrogen-bond donors (Lipinski definition) is 2. The lowest BCUT2D eigenvalue weighted by molar-refractivity contribution is 0.239. The molecular formula is C12H19N3O2S. The van der Waals surface area contributed by atoms with Crippen molar-refractivity contribution >= 4 is 9.84 Å². The lowest BCUT2D eigenvalue weighted by atomic mass is 9.77. The van der Waals surface area contributed by atoms with Crippen molar-refractivity contribution in [2.75, 3.05) is 11.5 Å². The van der Waals surface area contributed by atoms with Crippen LogP contribution in [0.5, 0.6) is 0 Å². The van der Waals surface area contributed by atoms with Gasteiger partial charge in [-0.1, -0.05) is 0 Å². The van der Waals surface area contributed by atoms with Crippen LogP contribution in [0.15, 0.2) is 6.20 Å². The van der Waals surface area contributed by atoms with E-state index < -0.39 is 9.84 Å². The fourth-order valence-corrected chi connectivity index (χ4v) is 4.59. The van der Waals surface area contributed by atoms with E-state index in [9.17, 15) is 8.42 Å². The average Bonchev–Trinajstić information content (AvgIpc) is 2.74. The first-order valence-electron chi connectivity index (χ1n) is 6.53. The van der Waals surface area contributed by atoms with Gasteiger partial charge in [-0.15, -0.1) is 0 Å². The van der Waals surface area contributed by atoms with Crippen LogP contribution in [0, 0.1) is 0 Å². The molecule has 0 radical (unpaired) electrons. The van der Waals surface area contributed by atoms with E-state index in [1.165, 1.54) is 0 Å². The zero-order chi connectivity index (χ0) is 12.8. The number of nitrogens with one attached hydrogen (secondary N) is 1. The van der Waals surface area contributed by atoms with Gasteiger partial charge >= 0.3 is 0 Å². The molecule has 6 heteroatoms. The molecule has 1 aliphatic heterocycles. The Hall–Kier alpha value is -0.880. The van der Waals surface area contributed by atoms with Crippen molar-refractivity contribution in [3.8, 4) is 0 Å². The maximum absolute atomic E-state index is 11.6. The Balaban J connectivity index is 1.81. The topological polar surface area (TPSA) is 88.8 Å². The van der Waals surface area contributed by atoms with E-state index in [1.54, 1.807) is 6.20 Å². The van der Waals surface area contributed by atoms with Gasteiger partial charge in [-0.2, -0.15) is 0 Å². The van der Waals surface area contributed by atoms with Gasteiger partial charge in [0.2, 0.25) is 0 Å². The number of aromatic nitrogens is 2. The van der Waals surface area contributed by atoms with Crippen molar-refractivity contribution in [3.63, 3.8) is 0 Å². The minimum Gasteiger partial charge on any atom is -0.344 e. The van der Waals surface area contributed by atoms with Crippen LogP contribution in [-0.4, -0.2) is 29.9 Å². The molecule has 1 aromatic rings. The van der Waals surface area contributed by atoms with Gasteiger partial charge in [0.1, 0.15) is 5.82 Å². The second-order valence-electron chi connectivity index (χ2n) is 5.65. The Morgan fingerprint density at radius 3 is 2.78 bits per heavy atom. The molecule has 1 saturated carbocycles. The number of H-pyrrole nitrogens is 1. The van der Waals surface area contributed by atoms with Crippen LogP contribution in [0.2, 0.25) is 0 Å². The maximum atomic E-state index is 11.6. The van der Waals surface area contributed by atoms with E-state index in [0.29, 0.717) is 5.75 Å². The van der Waals surface area contributed by atoms with Crippen molar-refractivity contribution in [2.24, 2.45) is 5.73 Å². The third kappa shape index (κ3) is 2.07. The predicted molar refractivity (Wildman–Crippen MR) is 68.9 cm³/mol. The van der Waals surface area contributed by atoms with Crippen LogP contribution in [-0.2, 0) is 15.4 Å². The zero-order valence-electron chi connectivity index (χ0n) is 10.4. The molecule has 18 heavy (non-hydrogen) atoms. The minimum atomic E-state index is -2.88. The third-order valence-electron chi connectivity index (χ3n) is 4.22. The summed E-state index contributed by atoms with van der Waals surface area (Å²) in [5, 5.41) is 0. The summed E-state index contributed by atoms with van der Waals surface area (Å²) in [5.41, 5.74) is 6.84. The zero-order valence-corrected chi connectivity index (χ0v) is 11.2. The Labute approximate surface area is 107 Å². The van der Waals surface area contributed by atoms with E-state index in [2.05, 4.69) is 9.97 Å². The summed E-state index contributed by atoms with van der Waals surface area (Å²) in [7, 11) is -2.88. The van der Waals surface area contributed by atoms with Crippen molar-refractivity contribution in [1.29, 1.82) is 0 Å². The standard InChI is InChI=1S/C12H19N3O2S/c13-12(4-2-5-12)11-14-7-10(15-11)9-3-1-6-18(16,17)8-9/h7,9H,1-6,8,13H2,(H,14,15). The van der Waals surface area contributed by atoms with Gasteiger partial charge in [-0.05, 0) is 32.1 Å². The van der Waals surface area contributed by atoms with Crippen molar-refractivity contribution in [2.45, 2.75) is 43.6 Å². The summed E-state index contributed by atoms with van der Waals surface area (Å²) in [4.78, 5) is 7.62. The van der Waals surface area contributed by atoms with Gasteiger partial charge < -0.3 is 10.7 Å². The summed E-state index contributed by atoms with van der Waals surface area (Å²) in [6.07, 6.45) is 6.50. The lowest BCUT2D eigenvalue weighted by Crippen LogP contribution is -2.44. The molecule has 0 aromatic carbocycles. The van der Waals surface area contributed by atoms with Gasteiger partial charge in [0.25, 0.3) is 0 Å². The highest BCUT2D eigenvalue weighted by atomic mass is 32.2. The van der Waals surface area contributed by atoms with Gasteiger partial charge in [-0.25, -0.2) is 13.4 Å². The molecule has 0 bridgehead atoms. The maximum Gasteiger partial charge on any atom is 0.150 e. The molecule has 0 spiro atoms. The first-order chi connectivity index (χ1) is 8.49. The largest absolute Gasteiger partial charge is 0.344 e. The quantitative estimate of drug-likeness (QED) is 0.839. The first kappa shape index (κ1) is 12.2. The van der Waals surface area contributed by atoms with Crippen LogP contribution in [0.25, 0.3) is 0 Å². The fourth-order valence-electron chi connectivity index (χ4n) is 2.86. The van der Waals surface area contributed by atoms with Crippen LogP contribution in [0.3, 0.4) is 0 Å². The smallest absolute Gasteiger partial charge is 0.150 e. The molecule has 5 nitrogen and oxygen atoms in total. The molecule has 2 heterocycles. The molecular weight excluding hydrogens is 250 g/mol. The normalized spacial score (nSPS) is 29.7. The van der Waals surface area contributed by atoms with Crippen LogP contribution in [0.1, 0.15) is 49.5 Å². The monoisotopic (exact) mass is 269 g/mol. The lowest BCUT2D eigenvalue weighted by Gasteiger charge is -2.36. The van der Waals surface area contributed by atoms with E-state index in [-0.39, 0.29) is 17.2 Å². The van der Waals surface area contributed by atoms with Crippen LogP contribution < -0.4 is 5.73 Å². The van der Waals surface area contributed by atoms with E-state index >= 15 is 0 Å². The van der Waals surface area contributed by atoms with Gasteiger partial charge in [0.15, 0.2) is 9.84 Å². The molecule has 0 amide bonds. The molecule has 1 saturated heterocycles. The summed E-state index contributed by atoms with van der Waals surface area (Å²) in [6.45, 7) is 0. The highest BCUT2D eigenvalue weighted by Gasteiger charge is 2.37. The molecule has 1 aliphatic carbocycles. The molecule has 2 fully saturated rings. The number of nitrogens with two attached hydrogens (primary N) is 1. The molecule has 3 rings (SSSR count). The predicted octanol–water partition coefficient (Wildman–Crippen LogP) is 1.04. The number of hydrogen-bond acceptors (Lipinski definition) is 4. The number of rotatable bonds is 2. The summed E-state index contributed by atoms with van der Waals surface area (Å²) >= 11 is 0. The second-order valence-corrected chi connectivity index (χ2v) is 7.88. The highest BCUT2D eigenvalue weighted by Crippen LogP contribution is 2.38.